The number of carbonyl (C=O) groups is 1. The second kappa shape index (κ2) is 6.10. The van der Waals surface area contributed by atoms with Gasteiger partial charge in [-0.05, 0) is 61.7 Å². The molecule has 0 N–H and O–H groups in total. The quantitative estimate of drug-likeness (QED) is 0.727. The molecule has 3 heterocycles. The molecule has 6 nitrogen and oxygen atoms in total. The summed E-state index contributed by atoms with van der Waals surface area (Å²) in [5.41, 5.74) is 0.709. The molecule has 7 heteroatoms. The number of halogens is 1. The molecule has 2 aliphatic rings. The molecule has 24 heavy (non-hydrogen) atoms. The van der Waals surface area contributed by atoms with Crippen molar-refractivity contribution in [2.75, 3.05) is 25.1 Å². The Balaban J connectivity index is 1.81. The first kappa shape index (κ1) is 17.3. The van der Waals surface area contributed by atoms with Gasteiger partial charge >= 0.3 is 6.09 Å². The van der Waals surface area contributed by atoms with E-state index in [9.17, 15) is 4.79 Å². The summed E-state index contributed by atoms with van der Waals surface area (Å²) in [5, 5.41) is 0. The van der Waals surface area contributed by atoms with E-state index in [0.29, 0.717) is 19.0 Å². The Morgan fingerprint density at radius 1 is 1.38 bits per heavy atom. The van der Waals surface area contributed by atoms with Crippen molar-refractivity contribution in [2.45, 2.75) is 51.8 Å². The minimum Gasteiger partial charge on any atom is -0.480 e. The molecule has 0 saturated carbocycles. The average Bonchev–Trinajstić information content (AvgIpc) is 2.81. The number of piperazine rings is 1. The second-order valence-electron chi connectivity index (χ2n) is 7.46. The number of ether oxygens (including phenoxy) is 2. The minimum atomic E-state index is -0.476. The van der Waals surface area contributed by atoms with Crippen LogP contribution in [-0.4, -0.2) is 53.9 Å². The first-order chi connectivity index (χ1) is 11.2. The molecular weight excluding hydrogens is 374 g/mol. The lowest BCUT2D eigenvalue weighted by atomic mass is 10.1. The molecule has 2 atom stereocenters. The molecule has 3 rings (SSSR count). The predicted octanol–water partition coefficient (Wildman–Crippen LogP) is 3.22. The molecule has 1 aromatic heterocycles. The van der Waals surface area contributed by atoms with Gasteiger partial charge < -0.3 is 19.3 Å². The van der Waals surface area contributed by atoms with Crippen molar-refractivity contribution in [1.29, 1.82) is 0 Å². The fourth-order valence-electron chi connectivity index (χ4n) is 3.48. The van der Waals surface area contributed by atoms with E-state index in [-0.39, 0.29) is 18.2 Å². The number of aromatic nitrogens is 1. The molecule has 0 radical (unpaired) electrons. The lowest BCUT2D eigenvalue weighted by molar-refractivity contribution is 0.0191. The number of carbonyl (C=O) groups excluding carboxylic acids is 1. The Bertz CT molecular complexity index is 659. The highest BCUT2D eigenvalue weighted by atomic mass is 79.9. The third-order valence-corrected chi connectivity index (χ3v) is 4.90. The van der Waals surface area contributed by atoms with Crippen LogP contribution in [0.2, 0.25) is 0 Å². The largest absolute Gasteiger partial charge is 0.480 e. The molecule has 2 aliphatic heterocycles. The van der Waals surface area contributed by atoms with E-state index in [1.54, 1.807) is 7.11 Å². The predicted molar refractivity (Wildman–Crippen MR) is 95.7 cm³/mol. The zero-order valence-electron chi connectivity index (χ0n) is 14.8. The Hall–Kier alpha value is -1.50. The highest BCUT2D eigenvalue weighted by Gasteiger charge is 2.41. The Labute approximate surface area is 151 Å². The summed E-state index contributed by atoms with van der Waals surface area (Å²) in [5.74, 6) is 1.56. The maximum atomic E-state index is 12.4. The van der Waals surface area contributed by atoms with Crippen LogP contribution in [-0.2, 0) is 11.2 Å². The van der Waals surface area contributed by atoms with Crippen molar-refractivity contribution in [3.8, 4) is 5.88 Å². The van der Waals surface area contributed by atoms with Gasteiger partial charge in [-0.3, -0.25) is 0 Å². The number of methoxy groups -OCH3 is 1. The normalized spacial score (nSPS) is 22.9. The van der Waals surface area contributed by atoms with E-state index in [1.165, 1.54) is 5.56 Å². The lowest BCUT2D eigenvalue weighted by Gasteiger charge is -2.43. The number of pyridine rings is 1. The summed E-state index contributed by atoms with van der Waals surface area (Å²) in [6, 6.07) is 2.47. The zero-order chi connectivity index (χ0) is 17.6. The Morgan fingerprint density at radius 3 is 2.71 bits per heavy atom. The number of hydrogen-bond donors (Lipinski definition) is 0. The molecule has 0 unspecified atom stereocenters. The van der Waals surface area contributed by atoms with Crippen molar-refractivity contribution in [3.63, 3.8) is 0 Å². The summed E-state index contributed by atoms with van der Waals surface area (Å²) in [6.07, 6.45) is 0.630. The van der Waals surface area contributed by atoms with Crippen molar-refractivity contribution in [3.05, 3.63) is 16.1 Å². The number of nitrogens with zero attached hydrogens (tertiary/aromatic N) is 3. The molecule has 1 fully saturated rings. The zero-order valence-corrected chi connectivity index (χ0v) is 16.4. The molecule has 0 bridgehead atoms. The highest BCUT2D eigenvalue weighted by molar-refractivity contribution is 9.10. The number of amides is 1. The lowest BCUT2D eigenvalue weighted by Crippen LogP contribution is -2.58. The topological polar surface area (TPSA) is 54.9 Å². The smallest absolute Gasteiger partial charge is 0.410 e. The molecule has 132 valence electrons. The summed E-state index contributed by atoms with van der Waals surface area (Å²) in [7, 11) is 1.62. The number of hydrogen-bond acceptors (Lipinski definition) is 5. The van der Waals surface area contributed by atoms with Gasteiger partial charge in [0, 0.05) is 19.1 Å². The van der Waals surface area contributed by atoms with E-state index in [1.807, 2.05) is 25.7 Å². The van der Waals surface area contributed by atoms with Crippen LogP contribution in [0.4, 0.5) is 10.6 Å². The van der Waals surface area contributed by atoms with E-state index in [4.69, 9.17) is 9.47 Å². The van der Waals surface area contributed by atoms with Crippen LogP contribution in [0.15, 0.2) is 10.5 Å². The maximum absolute atomic E-state index is 12.4. The van der Waals surface area contributed by atoms with Crippen LogP contribution in [0.3, 0.4) is 0 Å². The van der Waals surface area contributed by atoms with Gasteiger partial charge in [-0.1, -0.05) is 0 Å². The summed E-state index contributed by atoms with van der Waals surface area (Å²) < 4.78 is 11.7. The van der Waals surface area contributed by atoms with Gasteiger partial charge in [-0.2, -0.15) is 4.98 Å². The molecule has 0 aliphatic carbocycles. The SMILES string of the molecule is COc1nc2c(cc1Br)C[C@@H]1CN(C(=O)OC(C)(C)C)C[C@@H](C)N21. The average molecular weight is 398 g/mol. The molecule has 1 amide bonds. The second-order valence-corrected chi connectivity index (χ2v) is 8.32. The number of rotatable bonds is 1. The molecular formula is C17H24BrN3O3. The monoisotopic (exact) mass is 397 g/mol. The van der Waals surface area contributed by atoms with Gasteiger partial charge in [0.15, 0.2) is 0 Å². The Kier molecular flexibility index (Phi) is 4.40. The van der Waals surface area contributed by atoms with E-state index < -0.39 is 5.60 Å². The fourth-order valence-corrected chi connectivity index (χ4v) is 4.00. The molecule has 1 saturated heterocycles. The van der Waals surface area contributed by atoms with Crippen LogP contribution < -0.4 is 9.64 Å². The number of fused-ring (bicyclic) bond motifs is 3. The van der Waals surface area contributed by atoms with Crippen LogP contribution >= 0.6 is 15.9 Å². The summed E-state index contributed by atoms with van der Waals surface area (Å²) in [6.45, 7) is 9.08. The highest BCUT2D eigenvalue weighted by Crippen LogP contribution is 2.39. The summed E-state index contributed by atoms with van der Waals surface area (Å²) in [4.78, 5) is 21.2. The van der Waals surface area contributed by atoms with Gasteiger partial charge in [0.2, 0.25) is 5.88 Å². The van der Waals surface area contributed by atoms with Gasteiger partial charge in [-0.25, -0.2) is 4.79 Å². The van der Waals surface area contributed by atoms with E-state index in [2.05, 4.69) is 38.8 Å². The van der Waals surface area contributed by atoms with Gasteiger partial charge in [0.05, 0.1) is 17.6 Å². The van der Waals surface area contributed by atoms with Gasteiger partial charge in [-0.15, -0.1) is 0 Å². The van der Waals surface area contributed by atoms with Crippen LogP contribution in [0, 0.1) is 0 Å². The van der Waals surface area contributed by atoms with Crippen molar-refractivity contribution in [1.82, 2.24) is 9.88 Å². The van der Waals surface area contributed by atoms with Crippen LogP contribution in [0.25, 0.3) is 0 Å². The van der Waals surface area contributed by atoms with Crippen molar-refractivity contribution in [2.24, 2.45) is 0 Å². The number of anilines is 1. The van der Waals surface area contributed by atoms with Crippen molar-refractivity contribution < 1.29 is 14.3 Å². The van der Waals surface area contributed by atoms with E-state index in [0.717, 1.165) is 16.7 Å². The van der Waals surface area contributed by atoms with Crippen LogP contribution in [0.1, 0.15) is 33.3 Å². The first-order valence-corrected chi connectivity index (χ1v) is 8.98. The fraction of sp³-hybridized carbons (Fsp3) is 0.647. The maximum Gasteiger partial charge on any atom is 0.410 e. The third kappa shape index (κ3) is 3.18. The van der Waals surface area contributed by atoms with Gasteiger partial charge in [0.1, 0.15) is 11.4 Å². The van der Waals surface area contributed by atoms with Crippen molar-refractivity contribution >= 4 is 27.8 Å². The minimum absolute atomic E-state index is 0.177. The third-order valence-electron chi connectivity index (χ3n) is 4.33. The Morgan fingerprint density at radius 2 is 2.08 bits per heavy atom. The first-order valence-electron chi connectivity index (χ1n) is 8.19. The molecule has 0 spiro atoms. The molecule has 0 aromatic carbocycles. The van der Waals surface area contributed by atoms with E-state index >= 15 is 0 Å². The standard InChI is InChI=1S/C17H24BrN3O3/c1-10-8-20(16(22)24-17(2,3)4)9-12-6-11-7-13(18)15(23-5)19-14(11)21(10)12/h7,10,12H,6,8-9H2,1-5H3/t10-,12-/m1/s1. The van der Waals surface area contributed by atoms with Gasteiger partial charge in [0.25, 0.3) is 0 Å². The summed E-state index contributed by atoms with van der Waals surface area (Å²) >= 11 is 3.50. The van der Waals surface area contributed by atoms with Crippen LogP contribution in [0.5, 0.6) is 5.88 Å². The molecule has 1 aromatic rings.